The van der Waals surface area contributed by atoms with Crippen LogP contribution in [-0.2, 0) is 0 Å². The Bertz CT molecular complexity index is 144. The van der Waals surface area contributed by atoms with E-state index < -0.39 is 0 Å². The summed E-state index contributed by atoms with van der Waals surface area (Å²) in [5.41, 5.74) is 1.24. The topological polar surface area (TPSA) is 0 Å². The third-order valence-corrected chi connectivity index (χ3v) is 3.65. The molecule has 80 valence electrons. The smallest absolute Gasteiger partial charge is 0.0298 e. The van der Waals surface area contributed by atoms with Crippen molar-refractivity contribution in [1.29, 1.82) is 0 Å². The maximum atomic E-state index is 2.45. The maximum Gasteiger partial charge on any atom is -0.0298 e. The van der Waals surface area contributed by atoms with Crippen molar-refractivity contribution < 1.29 is 0 Å². The van der Waals surface area contributed by atoms with Crippen LogP contribution in [0.25, 0.3) is 0 Å². The van der Waals surface area contributed by atoms with Gasteiger partial charge in [-0.1, -0.05) is 48.5 Å². The summed E-state index contributed by atoms with van der Waals surface area (Å²) in [5.74, 6) is 0.851. The van der Waals surface area contributed by atoms with Gasteiger partial charge in [-0.15, -0.1) is 0 Å². The summed E-state index contributed by atoms with van der Waals surface area (Å²) in [6.45, 7) is 16.0. The second kappa shape index (κ2) is 4.48. The van der Waals surface area contributed by atoms with Crippen molar-refractivity contribution in [2.45, 2.75) is 67.7 Å². The monoisotopic (exact) mass is 184 g/mol. The van der Waals surface area contributed by atoms with Gasteiger partial charge in [-0.2, -0.15) is 0 Å². The zero-order chi connectivity index (χ0) is 10.7. The van der Waals surface area contributed by atoms with Crippen LogP contribution in [0.4, 0.5) is 0 Å². The summed E-state index contributed by atoms with van der Waals surface area (Å²) >= 11 is 0. The predicted molar refractivity (Wildman–Crippen MR) is 61.9 cm³/mol. The van der Waals surface area contributed by atoms with Gasteiger partial charge in [-0.3, -0.25) is 0 Å². The van der Waals surface area contributed by atoms with Crippen LogP contribution >= 0.6 is 0 Å². The van der Waals surface area contributed by atoms with Crippen LogP contribution < -0.4 is 0 Å². The molecule has 0 radical (unpaired) electrons. The first-order chi connectivity index (χ1) is 5.86. The molecule has 13 heavy (non-hydrogen) atoms. The van der Waals surface area contributed by atoms with Crippen molar-refractivity contribution in [1.82, 2.24) is 0 Å². The molecular formula is C13H28. The van der Waals surface area contributed by atoms with E-state index in [4.69, 9.17) is 0 Å². The largest absolute Gasteiger partial charge is 0.0683 e. The molecule has 0 heterocycles. The van der Waals surface area contributed by atoms with Crippen LogP contribution in [0.3, 0.4) is 0 Å². The van der Waals surface area contributed by atoms with E-state index in [1.165, 1.54) is 19.3 Å². The zero-order valence-electron chi connectivity index (χ0n) is 10.7. The van der Waals surface area contributed by atoms with E-state index in [9.17, 15) is 0 Å². The average molecular weight is 184 g/mol. The normalized spacial score (nSPS) is 31.4. The molecular weight excluding hydrogens is 156 g/mol. The molecule has 0 aromatic rings. The Labute approximate surface area is 85.1 Å². The molecule has 0 amide bonds. The second-order valence-corrected chi connectivity index (χ2v) is 5.65. The molecule has 0 nitrogen and oxygen atoms in total. The van der Waals surface area contributed by atoms with Gasteiger partial charge >= 0.3 is 0 Å². The first-order valence-corrected chi connectivity index (χ1v) is 5.86. The van der Waals surface area contributed by atoms with Crippen LogP contribution in [0.15, 0.2) is 0 Å². The molecule has 1 atom stereocenters. The van der Waals surface area contributed by atoms with Crippen LogP contribution in [0.2, 0.25) is 0 Å². The Hall–Kier alpha value is 0. The fraction of sp³-hybridized carbons (Fsp3) is 1.00. The summed E-state index contributed by atoms with van der Waals surface area (Å²) in [4.78, 5) is 0. The Balaban J connectivity index is 0.000000671. The van der Waals surface area contributed by atoms with Gasteiger partial charge < -0.3 is 0 Å². The number of hydrogen-bond acceptors (Lipinski definition) is 0. The number of hydrogen-bond donors (Lipinski definition) is 0. The van der Waals surface area contributed by atoms with Gasteiger partial charge in [0, 0.05) is 0 Å². The molecule has 1 aliphatic rings. The SMILES string of the molecule is CC.CC(C)C1(C)CCC(C)(C)C1. The fourth-order valence-corrected chi connectivity index (χ4v) is 2.39. The molecule has 0 aromatic heterocycles. The highest BCUT2D eigenvalue weighted by Crippen LogP contribution is 2.52. The lowest BCUT2D eigenvalue weighted by atomic mass is 9.75. The second-order valence-electron chi connectivity index (χ2n) is 5.65. The summed E-state index contributed by atoms with van der Waals surface area (Å²) < 4.78 is 0. The third-order valence-electron chi connectivity index (χ3n) is 3.65. The molecule has 0 N–H and O–H groups in total. The van der Waals surface area contributed by atoms with Crippen LogP contribution in [0.1, 0.15) is 67.7 Å². The molecule has 0 aliphatic heterocycles. The minimum atomic E-state index is 0.610. The highest BCUT2D eigenvalue weighted by Gasteiger charge is 2.41. The molecule has 1 fully saturated rings. The van der Waals surface area contributed by atoms with E-state index in [1.807, 2.05) is 13.8 Å². The van der Waals surface area contributed by atoms with E-state index in [0.717, 1.165) is 5.92 Å². The van der Waals surface area contributed by atoms with Crippen molar-refractivity contribution in [3.05, 3.63) is 0 Å². The Morgan fingerprint density at radius 2 is 1.38 bits per heavy atom. The van der Waals surface area contributed by atoms with Crippen molar-refractivity contribution >= 4 is 0 Å². The molecule has 0 saturated heterocycles. The molecule has 1 saturated carbocycles. The highest BCUT2D eigenvalue weighted by atomic mass is 14.5. The lowest BCUT2D eigenvalue weighted by Gasteiger charge is -2.30. The van der Waals surface area contributed by atoms with Gasteiger partial charge in [0.2, 0.25) is 0 Å². The lowest BCUT2D eigenvalue weighted by Crippen LogP contribution is -2.21. The summed E-state index contributed by atoms with van der Waals surface area (Å²) in [6.07, 6.45) is 4.26. The Morgan fingerprint density at radius 3 is 1.54 bits per heavy atom. The zero-order valence-corrected chi connectivity index (χ0v) is 10.7. The molecule has 0 spiro atoms. The maximum absolute atomic E-state index is 2.45. The van der Waals surface area contributed by atoms with E-state index in [0.29, 0.717) is 10.8 Å². The van der Waals surface area contributed by atoms with Crippen molar-refractivity contribution in [2.75, 3.05) is 0 Å². The van der Waals surface area contributed by atoms with Gasteiger partial charge in [0.15, 0.2) is 0 Å². The van der Waals surface area contributed by atoms with E-state index >= 15 is 0 Å². The third kappa shape index (κ3) is 3.32. The van der Waals surface area contributed by atoms with E-state index in [1.54, 1.807) is 0 Å². The fourth-order valence-electron chi connectivity index (χ4n) is 2.39. The summed E-state index contributed by atoms with van der Waals surface area (Å²) in [5, 5.41) is 0. The minimum Gasteiger partial charge on any atom is -0.0683 e. The van der Waals surface area contributed by atoms with Gasteiger partial charge in [-0.05, 0) is 36.0 Å². The Morgan fingerprint density at radius 1 is 0.923 bits per heavy atom. The molecule has 1 aliphatic carbocycles. The van der Waals surface area contributed by atoms with Crippen LogP contribution in [-0.4, -0.2) is 0 Å². The first kappa shape index (κ1) is 13.0. The van der Waals surface area contributed by atoms with Gasteiger partial charge in [0.1, 0.15) is 0 Å². The molecule has 0 bridgehead atoms. The highest BCUT2D eigenvalue weighted by molar-refractivity contribution is 4.92. The van der Waals surface area contributed by atoms with Crippen molar-refractivity contribution in [3.8, 4) is 0 Å². The van der Waals surface area contributed by atoms with Crippen LogP contribution in [0, 0.1) is 16.7 Å². The van der Waals surface area contributed by atoms with E-state index in [-0.39, 0.29) is 0 Å². The molecule has 0 aromatic carbocycles. The summed E-state index contributed by atoms with van der Waals surface area (Å²) in [7, 11) is 0. The molecule has 1 unspecified atom stereocenters. The van der Waals surface area contributed by atoms with Gasteiger partial charge in [0.25, 0.3) is 0 Å². The number of rotatable bonds is 1. The van der Waals surface area contributed by atoms with Crippen LogP contribution in [0.5, 0.6) is 0 Å². The van der Waals surface area contributed by atoms with Gasteiger partial charge in [-0.25, -0.2) is 0 Å². The quantitative estimate of drug-likeness (QED) is 0.544. The first-order valence-electron chi connectivity index (χ1n) is 5.86. The van der Waals surface area contributed by atoms with Gasteiger partial charge in [0.05, 0.1) is 0 Å². The Kier molecular flexibility index (Phi) is 4.48. The van der Waals surface area contributed by atoms with Crippen molar-refractivity contribution in [2.24, 2.45) is 16.7 Å². The predicted octanol–water partition coefficient (Wildman–Crippen LogP) is 4.89. The van der Waals surface area contributed by atoms with Crippen molar-refractivity contribution in [3.63, 3.8) is 0 Å². The molecule has 0 heteroatoms. The van der Waals surface area contributed by atoms with E-state index in [2.05, 4.69) is 34.6 Å². The standard InChI is InChI=1S/C11H22.C2H6/c1-9(2)11(5)7-6-10(3,4)8-11;1-2/h9H,6-8H2,1-5H3;1-2H3. The summed E-state index contributed by atoms with van der Waals surface area (Å²) in [6, 6.07) is 0. The average Bonchev–Trinajstić information content (AvgIpc) is 2.31. The lowest BCUT2D eigenvalue weighted by molar-refractivity contribution is 0.199. The molecule has 1 rings (SSSR count). The minimum absolute atomic E-state index is 0.610.